The van der Waals surface area contributed by atoms with Gasteiger partial charge in [-0.1, -0.05) is 103 Å². The molecule has 8 heteroatoms. The third kappa shape index (κ3) is 8.19. The van der Waals surface area contributed by atoms with Gasteiger partial charge in [0.25, 0.3) is 10.0 Å². The van der Waals surface area contributed by atoms with Gasteiger partial charge in [0.2, 0.25) is 11.8 Å². The topological polar surface area (TPSA) is 86.8 Å². The molecular weight excluding hydrogens is 582 g/mol. The molecule has 5 rings (SSSR count). The fourth-order valence-corrected chi connectivity index (χ4v) is 7.39. The van der Waals surface area contributed by atoms with Crippen LogP contribution in [0.15, 0.2) is 114 Å². The lowest BCUT2D eigenvalue weighted by Crippen LogP contribution is -2.54. The summed E-state index contributed by atoms with van der Waals surface area (Å²) in [4.78, 5) is 30.3. The molecule has 0 heterocycles. The molecule has 0 saturated heterocycles. The molecule has 4 aromatic rings. The van der Waals surface area contributed by atoms with E-state index in [9.17, 15) is 18.0 Å². The van der Waals surface area contributed by atoms with Gasteiger partial charge in [0, 0.05) is 19.0 Å². The molecule has 1 N–H and O–H groups in total. The standard InChI is InChI=1S/C37H41N3O4S/c1-28-13-11-17-31(23-28)26-39(35(25-30-15-5-3-6-16-30)37(42)38-32-18-9-10-19-32)36(41)27-40(33-20-12-14-29(2)24-33)45(43,44)34-21-7-4-8-22-34/h3-8,11-17,20-24,32,35H,9-10,18-19,25-27H2,1-2H3,(H,38,42)/t35-/m1/s1. The Balaban J connectivity index is 1.56. The summed E-state index contributed by atoms with van der Waals surface area (Å²) in [7, 11) is -4.12. The molecule has 0 aromatic heterocycles. The third-order valence-electron chi connectivity index (χ3n) is 8.31. The first-order chi connectivity index (χ1) is 21.7. The number of sulfonamides is 1. The lowest BCUT2D eigenvalue weighted by molar-refractivity contribution is -0.140. The minimum Gasteiger partial charge on any atom is -0.352 e. The summed E-state index contributed by atoms with van der Waals surface area (Å²) in [5.74, 6) is -0.681. The fraction of sp³-hybridized carbons (Fsp3) is 0.297. The summed E-state index contributed by atoms with van der Waals surface area (Å²) >= 11 is 0. The Morgan fingerprint density at radius 2 is 1.38 bits per heavy atom. The van der Waals surface area contributed by atoms with Crippen molar-refractivity contribution in [3.63, 3.8) is 0 Å². The van der Waals surface area contributed by atoms with Crippen LogP contribution >= 0.6 is 0 Å². The van der Waals surface area contributed by atoms with Crippen molar-refractivity contribution in [2.45, 2.75) is 69.5 Å². The van der Waals surface area contributed by atoms with Crippen LogP contribution in [0.25, 0.3) is 0 Å². The summed E-state index contributed by atoms with van der Waals surface area (Å²) in [6.07, 6.45) is 4.23. The maximum Gasteiger partial charge on any atom is 0.264 e. The second-order valence-corrected chi connectivity index (χ2v) is 13.7. The van der Waals surface area contributed by atoms with E-state index in [1.807, 2.05) is 74.5 Å². The van der Waals surface area contributed by atoms with E-state index in [4.69, 9.17) is 0 Å². The maximum atomic E-state index is 14.6. The van der Waals surface area contributed by atoms with Crippen LogP contribution < -0.4 is 9.62 Å². The molecule has 2 amide bonds. The van der Waals surface area contributed by atoms with Gasteiger partial charge >= 0.3 is 0 Å². The zero-order chi connectivity index (χ0) is 31.8. The Morgan fingerprint density at radius 3 is 2.02 bits per heavy atom. The highest BCUT2D eigenvalue weighted by Gasteiger charge is 2.35. The molecule has 1 aliphatic rings. The Labute approximate surface area is 266 Å². The lowest BCUT2D eigenvalue weighted by atomic mass is 10.0. The molecule has 0 aliphatic heterocycles. The molecule has 0 radical (unpaired) electrons. The number of rotatable bonds is 12. The predicted octanol–water partition coefficient (Wildman–Crippen LogP) is 6.20. The van der Waals surface area contributed by atoms with Gasteiger partial charge in [0.05, 0.1) is 10.6 Å². The van der Waals surface area contributed by atoms with E-state index in [0.717, 1.165) is 52.2 Å². The van der Waals surface area contributed by atoms with Crippen molar-refractivity contribution in [1.82, 2.24) is 10.2 Å². The number of benzene rings is 4. The van der Waals surface area contributed by atoms with Crippen LogP contribution in [0.2, 0.25) is 0 Å². The molecule has 0 bridgehead atoms. The van der Waals surface area contributed by atoms with Crippen molar-refractivity contribution in [2.24, 2.45) is 0 Å². The van der Waals surface area contributed by atoms with Crippen molar-refractivity contribution < 1.29 is 18.0 Å². The van der Waals surface area contributed by atoms with Crippen molar-refractivity contribution >= 4 is 27.5 Å². The van der Waals surface area contributed by atoms with Crippen LogP contribution in [-0.2, 0) is 32.6 Å². The van der Waals surface area contributed by atoms with Gasteiger partial charge in [-0.2, -0.15) is 0 Å². The van der Waals surface area contributed by atoms with Gasteiger partial charge in [-0.05, 0) is 67.6 Å². The quantitative estimate of drug-likeness (QED) is 0.204. The number of nitrogens with one attached hydrogen (secondary N) is 1. The molecule has 234 valence electrons. The Morgan fingerprint density at radius 1 is 0.778 bits per heavy atom. The number of hydrogen-bond acceptors (Lipinski definition) is 4. The molecule has 1 saturated carbocycles. The molecule has 0 spiro atoms. The monoisotopic (exact) mass is 623 g/mol. The van der Waals surface area contributed by atoms with Crippen molar-refractivity contribution in [3.8, 4) is 0 Å². The van der Waals surface area contributed by atoms with Gasteiger partial charge in [0.1, 0.15) is 12.6 Å². The number of carbonyl (C=O) groups excluding carboxylic acids is 2. The highest BCUT2D eigenvalue weighted by atomic mass is 32.2. The Hall–Kier alpha value is -4.43. The minimum atomic E-state index is -4.12. The van der Waals surface area contributed by atoms with E-state index >= 15 is 0 Å². The lowest BCUT2D eigenvalue weighted by Gasteiger charge is -2.34. The van der Waals surface area contributed by atoms with E-state index in [-0.39, 0.29) is 23.4 Å². The summed E-state index contributed by atoms with van der Waals surface area (Å²) < 4.78 is 29.4. The van der Waals surface area contributed by atoms with E-state index in [1.54, 1.807) is 41.3 Å². The number of hydrogen-bond donors (Lipinski definition) is 1. The average Bonchev–Trinajstić information content (AvgIpc) is 3.55. The van der Waals surface area contributed by atoms with Crippen molar-refractivity contribution in [2.75, 3.05) is 10.8 Å². The van der Waals surface area contributed by atoms with Crippen LogP contribution in [0, 0.1) is 13.8 Å². The van der Waals surface area contributed by atoms with E-state index < -0.39 is 28.5 Å². The second-order valence-electron chi connectivity index (χ2n) is 11.9. The van der Waals surface area contributed by atoms with Crippen molar-refractivity contribution in [3.05, 3.63) is 131 Å². The first-order valence-electron chi connectivity index (χ1n) is 15.5. The van der Waals surface area contributed by atoms with Crippen LogP contribution in [0.5, 0.6) is 0 Å². The zero-order valence-electron chi connectivity index (χ0n) is 25.9. The summed E-state index contributed by atoms with van der Waals surface area (Å²) in [6.45, 7) is 3.55. The second kappa shape index (κ2) is 14.6. The number of amides is 2. The largest absolute Gasteiger partial charge is 0.352 e. The van der Waals surface area contributed by atoms with Crippen LogP contribution in [0.3, 0.4) is 0 Å². The van der Waals surface area contributed by atoms with Crippen LogP contribution in [0.1, 0.15) is 47.9 Å². The van der Waals surface area contributed by atoms with Gasteiger partial charge in [-0.25, -0.2) is 8.42 Å². The van der Waals surface area contributed by atoms with Gasteiger partial charge in [0.15, 0.2) is 0 Å². The van der Waals surface area contributed by atoms with Gasteiger partial charge < -0.3 is 10.2 Å². The third-order valence-corrected chi connectivity index (χ3v) is 10.1. The summed E-state index contributed by atoms with van der Waals surface area (Å²) in [5, 5.41) is 3.22. The van der Waals surface area contributed by atoms with E-state index in [2.05, 4.69) is 5.32 Å². The number of nitrogens with zero attached hydrogens (tertiary/aromatic N) is 2. The number of carbonyl (C=O) groups is 2. The van der Waals surface area contributed by atoms with Crippen LogP contribution in [0.4, 0.5) is 5.69 Å². The summed E-state index contributed by atoms with van der Waals surface area (Å²) in [6, 6.07) is 31.9. The Bertz CT molecular complexity index is 1700. The smallest absolute Gasteiger partial charge is 0.264 e. The van der Waals surface area contributed by atoms with Crippen molar-refractivity contribution in [1.29, 1.82) is 0 Å². The maximum absolute atomic E-state index is 14.6. The number of aryl methyl sites for hydroxylation is 2. The highest BCUT2D eigenvalue weighted by Crippen LogP contribution is 2.26. The molecule has 0 unspecified atom stereocenters. The number of anilines is 1. The SMILES string of the molecule is Cc1cccc(CN(C(=O)CN(c2cccc(C)c2)S(=O)(=O)c2ccccc2)[C@H](Cc2ccccc2)C(=O)NC2CCCC2)c1. The molecule has 1 atom stereocenters. The Kier molecular flexibility index (Phi) is 10.4. The molecule has 4 aromatic carbocycles. The van der Waals surface area contributed by atoms with E-state index in [0.29, 0.717) is 12.1 Å². The molecule has 1 aliphatic carbocycles. The molecule has 45 heavy (non-hydrogen) atoms. The van der Waals surface area contributed by atoms with Gasteiger partial charge in [-0.3, -0.25) is 13.9 Å². The fourth-order valence-electron chi connectivity index (χ4n) is 5.96. The summed E-state index contributed by atoms with van der Waals surface area (Å²) in [5.41, 5.74) is 4.06. The predicted molar refractivity (Wildman–Crippen MR) is 178 cm³/mol. The zero-order valence-corrected chi connectivity index (χ0v) is 26.7. The average molecular weight is 624 g/mol. The highest BCUT2D eigenvalue weighted by molar-refractivity contribution is 7.92. The molecule has 7 nitrogen and oxygen atoms in total. The molecular formula is C37H41N3O4S. The van der Waals surface area contributed by atoms with E-state index in [1.165, 1.54) is 12.1 Å². The minimum absolute atomic E-state index is 0.0638. The first-order valence-corrected chi connectivity index (χ1v) is 17.0. The van der Waals surface area contributed by atoms with Crippen LogP contribution in [-0.4, -0.2) is 43.8 Å². The van der Waals surface area contributed by atoms with Gasteiger partial charge in [-0.15, -0.1) is 0 Å². The normalized spacial score (nSPS) is 14.1. The first kappa shape index (κ1) is 32.0. The molecule has 1 fully saturated rings.